The van der Waals surface area contributed by atoms with Crippen molar-refractivity contribution in [2.75, 3.05) is 19.0 Å². The van der Waals surface area contributed by atoms with Crippen molar-refractivity contribution >= 4 is 41.2 Å². The van der Waals surface area contributed by atoms with E-state index in [-0.39, 0.29) is 18.1 Å². The number of phenols is 1. The Labute approximate surface area is 143 Å². The van der Waals surface area contributed by atoms with Crippen LogP contribution in [0.3, 0.4) is 0 Å². The fraction of sp³-hybridized carbons (Fsp3) is 0.500. The molecule has 0 aliphatic carbocycles. The lowest BCUT2D eigenvalue weighted by Crippen LogP contribution is -2.25. The molecule has 1 aromatic carbocycles. The Hall–Kier alpha value is -0.510. The fourth-order valence-corrected chi connectivity index (χ4v) is 2.45. The number of aliphatic hydroxyl groups is 1. The number of benzene rings is 1. The van der Waals surface area contributed by atoms with Crippen molar-refractivity contribution in [1.82, 2.24) is 0 Å². The second kappa shape index (κ2) is 9.50. The van der Waals surface area contributed by atoms with E-state index in [4.69, 9.17) is 9.47 Å². The maximum absolute atomic E-state index is 11.0. The smallest absolute Gasteiger partial charge is 0.315 e. The molecular weight excluding hydrogens is 407 g/mol. The van der Waals surface area contributed by atoms with Crippen LogP contribution in [0.15, 0.2) is 18.2 Å². The van der Waals surface area contributed by atoms with Crippen LogP contribution in [-0.4, -0.2) is 41.3 Å². The highest BCUT2D eigenvalue weighted by molar-refractivity contribution is 14.1. The summed E-state index contributed by atoms with van der Waals surface area (Å²) >= 11 is 5.92. The van der Waals surface area contributed by atoms with Crippen LogP contribution in [0.1, 0.15) is 25.0 Å². The lowest BCUT2D eigenvalue weighted by molar-refractivity contribution is -0.142. The molecule has 0 amide bonds. The molecule has 0 unspecified atom stereocenters. The molecule has 21 heavy (non-hydrogen) atoms. The van der Waals surface area contributed by atoms with Crippen molar-refractivity contribution in [1.29, 1.82) is 0 Å². The number of carbonyl (C=O) groups excluding carboxylic acids is 1. The van der Waals surface area contributed by atoms with Crippen molar-refractivity contribution in [3.63, 3.8) is 0 Å². The normalized spacial score (nSPS) is 13.7. The van der Waals surface area contributed by atoms with Gasteiger partial charge in [0.25, 0.3) is 0 Å². The van der Waals surface area contributed by atoms with Crippen LogP contribution in [0.4, 0.5) is 0 Å². The molecule has 0 aliphatic rings. The highest BCUT2D eigenvalue weighted by atomic mass is 127. The minimum absolute atomic E-state index is 0.0134. The summed E-state index contributed by atoms with van der Waals surface area (Å²) in [4.78, 5) is 11.0. The maximum Gasteiger partial charge on any atom is 0.315 e. The van der Waals surface area contributed by atoms with Gasteiger partial charge in [-0.2, -0.15) is 12.6 Å². The van der Waals surface area contributed by atoms with E-state index in [9.17, 15) is 15.0 Å². The zero-order valence-electron chi connectivity index (χ0n) is 11.7. The summed E-state index contributed by atoms with van der Waals surface area (Å²) in [7, 11) is 0. The third-order valence-corrected chi connectivity index (χ3v) is 3.76. The average Bonchev–Trinajstić information content (AvgIpc) is 2.47. The molecule has 2 N–H and O–H groups in total. The van der Waals surface area contributed by atoms with Crippen molar-refractivity contribution in [2.45, 2.75) is 25.6 Å². The van der Waals surface area contributed by atoms with Gasteiger partial charge < -0.3 is 19.7 Å². The number of aliphatic hydroxyl groups excluding tert-OH is 1. The predicted octanol–water partition coefficient (Wildman–Crippen LogP) is 2.30. The standard InChI is InChI=1S/C14H19IO5S/c1-2-19-12(5-6-20-13(17)8-21)14(18)10-7-9(15)3-4-11(10)16/h3-4,7,12,14,16,18,21H,2,5-6,8H2,1H3/t12-,14-/m1/s1. The van der Waals surface area contributed by atoms with E-state index in [2.05, 4.69) is 35.2 Å². The quantitative estimate of drug-likeness (QED) is 0.338. The van der Waals surface area contributed by atoms with Gasteiger partial charge in [0, 0.05) is 22.2 Å². The zero-order chi connectivity index (χ0) is 15.8. The highest BCUT2D eigenvalue weighted by Gasteiger charge is 2.24. The highest BCUT2D eigenvalue weighted by Crippen LogP contribution is 2.30. The minimum Gasteiger partial charge on any atom is -0.508 e. The molecule has 1 rings (SSSR count). The van der Waals surface area contributed by atoms with Gasteiger partial charge in [0.1, 0.15) is 11.9 Å². The number of carbonyl (C=O) groups is 1. The van der Waals surface area contributed by atoms with E-state index in [0.717, 1.165) is 3.57 Å². The zero-order valence-corrected chi connectivity index (χ0v) is 14.7. The second-order valence-corrected chi connectivity index (χ2v) is 5.87. The van der Waals surface area contributed by atoms with Crippen molar-refractivity contribution in [2.24, 2.45) is 0 Å². The minimum atomic E-state index is -0.991. The summed E-state index contributed by atoms with van der Waals surface area (Å²) < 4.78 is 11.3. The SMILES string of the molecule is CCO[C@H](CCOC(=O)CS)[C@H](O)c1cc(I)ccc1O. The molecule has 0 saturated heterocycles. The molecule has 7 heteroatoms. The molecule has 118 valence electrons. The molecule has 0 spiro atoms. The summed E-state index contributed by atoms with van der Waals surface area (Å²) in [6.45, 7) is 2.35. The monoisotopic (exact) mass is 426 g/mol. The van der Waals surface area contributed by atoms with E-state index >= 15 is 0 Å². The second-order valence-electron chi connectivity index (χ2n) is 4.31. The van der Waals surface area contributed by atoms with Gasteiger partial charge >= 0.3 is 5.97 Å². The van der Waals surface area contributed by atoms with Crippen LogP contribution in [0.25, 0.3) is 0 Å². The molecule has 0 saturated carbocycles. The van der Waals surface area contributed by atoms with Crippen LogP contribution in [-0.2, 0) is 14.3 Å². The number of esters is 1. The first kappa shape index (κ1) is 18.5. The van der Waals surface area contributed by atoms with Gasteiger partial charge in [-0.15, -0.1) is 0 Å². The Morgan fingerprint density at radius 2 is 2.19 bits per heavy atom. The van der Waals surface area contributed by atoms with Crippen LogP contribution < -0.4 is 0 Å². The van der Waals surface area contributed by atoms with Gasteiger partial charge in [-0.1, -0.05) is 0 Å². The number of hydrogen-bond donors (Lipinski definition) is 3. The van der Waals surface area contributed by atoms with Crippen LogP contribution in [0.2, 0.25) is 0 Å². The third-order valence-electron chi connectivity index (χ3n) is 2.84. The van der Waals surface area contributed by atoms with Crippen LogP contribution in [0, 0.1) is 3.57 Å². The first-order valence-electron chi connectivity index (χ1n) is 6.54. The number of hydrogen-bond acceptors (Lipinski definition) is 6. The third kappa shape index (κ3) is 6.01. The Balaban J connectivity index is 2.74. The van der Waals surface area contributed by atoms with E-state index in [0.29, 0.717) is 18.6 Å². The van der Waals surface area contributed by atoms with Gasteiger partial charge in [0.05, 0.1) is 18.5 Å². The Morgan fingerprint density at radius 1 is 1.48 bits per heavy atom. The number of rotatable bonds is 8. The topological polar surface area (TPSA) is 76.0 Å². The Kier molecular flexibility index (Phi) is 8.38. The number of aromatic hydroxyl groups is 1. The molecule has 0 fully saturated rings. The number of thiol groups is 1. The van der Waals surface area contributed by atoms with E-state index in [1.54, 1.807) is 12.1 Å². The summed E-state index contributed by atoms with van der Waals surface area (Å²) in [5.74, 6) is -0.389. The van der Waals surface area contributed by atoms with Gasteiger partial charge in [0.15, 0.2) is 0 Å². The van der Waals surface area contributed by atoms with Crippen molar-refractivity contribution in [3.8, 4) is 5.75 Å². The first-order valence-corrected chi connectivity index (χ1v) is 8.25. The molecule has 0 heterocycles. The maximum atomic E-state index is 11.0. The van der Waals surface area contributed by atoms with Crippen LogP contribution in [0.5, 0.6) is 5.75 Å². The van der Waals surface area contributed by atoms with E-state index in [1.807, 2.05) is 6.92 Å². The lowest BCUT2D eigenvalue weighted by Gasteiger charge is -2.23. The Bertz CT molecular complexity index is 469. The summed E-state index contributed by atoms with van der Waals surface area (Å²) in [5.41, 5.74) is 0.404. The van der Waals surface area contributed by atoms with Gasteiger partial charge in [-0.3, -0.25) is 4.79 Å². The van der Waals surface area contributed by atoms with Crippen LogP contribution >= 0.6 is 35.2 Å². The first-order chi connectivity index (χ1) is 9.99. The number of phenolic OH excluding ortho intramolecular Hbond substituents is 1. The number of halogens is 1. The molecule has 0 bridgehead atoms. The predicted molar refractivity (Wildman–Crippen MR) is 90.6 cm³/mol. The molecule has 0 aromatic heterocycles. The average molecular weight is 426 g/mol. The molecule has 2 atom stereocenters. The molecule has 0 aliphatic heterocycles. The lowest BCUT2D eigenvalue weighted by atomic mass is 10.0. The fourth-order valence-electron chi connectivity index (χ4n) is 1.84. The van der Waals surface area contributed by atoms with E-state index < -0.39 is 18.2 Å². The molecule has 1 aromatic rings. The van der Waals surface area contributed by atoms with Gasteiger partial charge in [0.2, 0.25) is 0 Å². The molecule has 5 nitrogen and oxygen atoms in total. The summed E-state index contributed by atoms with van der Waals surface area (Å²) in [6, 6.07) is 4.98. The number of ether oxygens (including phenoxy) is 2. The van der Waals surface area contributed by atoms with Crippen molar-refractivity contribution in [3.05, 3.63) is 27.3 Å². The van der Waals surface area contributed by atoms with Crippen molar-refractivity contribution < 1.29 is 24.5 Å². The largest absolute Gasteiger partial charge is 0.508 e. The molecular formula is C14H19IO5S. The summed E-state index contributed by atoms with van der Waals surface area (Å²) in [6.07, 6.45) is -1.22. The van der Waals surface area contributed by atoms with Gasteiger partial charge in [-0.25, -0.2) is 0 Å². The van der Waals surface area contributed by atoms with E-state index in [1.165, 1.54) is 6.07 Å². The molecule has 0 radical (unpaired) electrons. The van der Waals surface area contributed by atoms with Gasteiger partial charge in [-0.05, 0) is 47.7 Å². The summed E-state index contributed by atoms with van der Waals surface area (Å²) in [5, 5.41) is 20.3. The Morgan fingerprint density at radius 3 is 2.81 bits per heavy atom.